The largest absolute Gasteiger partial charge is 0.481 e. The van der Waals surface area contributed by atoms with E-state index in [1.165, 1.54) is 5.56 Å². The molecule has 0 saturated heterocycles. The van der Waals surface area contributed by atoms with Crippen LogP contribution in [0, 0.1) is 5.92 Å². The molecule has 3 nitrogen and oxygen atoms in total. The van der Waals surface area contributed by atoms with Crippen LogP contribution in [0.25, 0.3) is 0 Å². The Morgan fingerprint density at radius 2 is 2.24 bits per heavy atom. The second-order valence-electron chi connectivity index (χ2n) is 4.27. The zero-order valence-electron chi connectivity index (χ0n) is 10.2. The number of hydrogen-bond donors (Lipinski definition) is 1. The fourth-order valence-electron chi connectivity index (χ4n) is 1.77. The lowest BCUT2D eigenvalue weighted by Crippen LogP contribution is -2.29. The van der Waals surface area contributed by atoms with Gasteiger partial charge >= 0.3 is 5.97 Å². The van der Waals surface area contributed by atoms with Gasteiger partial charge in [-0.15, -0.1) is 0 Å². The summed E-state index contributed by atoms with van der Waals surface area (Å²) in [6, 6.07) is 8.07. The zero-order valence-corrected chi connectivity index (χ0v) is 11.8. The molecule has 94 valence electrons. The number of benzene rings is 1. The minimum atomic E-state index is -0.714. The van der Waals surface area contributed by atoms with Crippen LogP contribution in [0.3, 0.4) is 0 Å². The summed E-state index contributed by atoms with van der Waals surface area (Å²) in [6.07, 6.45) is 0.665. The molecule has 1 aromatic carbocycles. The molecule has 0 bridgehead atoms. The minimum absolute atomic E-state index is 0.285. The molecule has 0 heterocycles. The standard InChI is InChI=1S/C13H18BrNO2/c1-3-11(13(16)17)9-15(2)8-10-5-4-6-12(14)7-10/h4-7,11H,3,8-9H2,1-2H3,(H,16,17). The monoisotopic (exact) mass is 299 g/mol. The van der Waals surface area contributed by atoms with Crippen molar-refractivity contribution in [3.63, 3.8) is 0 Å². The van der Waals surface area contributed by atoms with E-state index in [4.69, 9.17) is 5.11 Å². The first-order chi connectivity index (χ1) is 8.02. The second-order valence-corrected chi connectivity index (χ2v) is 5.19. The van der Waals surface area contributed by atoms with Crippen molar-refractivity contribution in [1.29, 1.82) is 0 Å². The Hall–Kier alpha value is -0.870. The maximum atomic E-state index is 10.9. The number of carboxylic acids is 1. The van der Waals surface area contributed by atoms with Gasteiger partial charge in [-0.2, -0.15) is 0 Å². The highest BCUT2D eigenvalue weighted by Gasteiger charge is 2.17. The zero-order chi connectivity index (χ0) is 12.8. The Kier molecular flexibility index (Phi) is 5.65. The van der Waals surface area contributed by atoms with Gasteiger partial charge in [0.05, 0.1) is 5.92 Å². The predicted molar refractivity (Wildman–Crippen MR) is 71.9 cm³/mol. The van der Waals surface area contributed by atoms with Gasteiger partial charge in [0.25, 0.3) is 0 Å². The third-order valence-corrected chi connectivity index (χ3v) is 3.21. The molecule has 0 fully saturated rings. The average Bonchev–Trinajstić information content (AvgIpc) is 2.25. The maximum absolute atomic E-state index is 10.9. The van der Waals surface area contributed by atoms with Gasteiger partial charge in [0.1, 0.15) is 0 Å². The van der Waals surface area contributed by atoms with Gasteiger partial charge in [0.15, 0.2) is 0 Å². The molecule has 0 amide bonds. The van der Waals surface area contributed by atoms with E-state index < -0.39 is 5.97 Å². The Morgan fingerprint density at radius 3 is 2.76 bits per heavy atom. The second kappa shape index (κ2) is 6.77. The Bertz CT molecular complexity index is 381. The van der Waals surface area contributed by atoms with Crippen LogP contribution in [0.5, 0.6) is 0 Å². The molecule has 1 atom stereocenters. The number of nitrogens with zero attached hydrogens (tertiary/aromatic N) is 1. The Morgan fingerprint density at radius 1 is 1.53 bits per heavy atom. The lowest BCUT2D eigenvalue weighted by molar-refractivity contribution is -0.142. The van der Waals surface area contributed by atoms with Crippen molar-refractivity contribution in [2.24, 2.45) is 5.92 Å². The van der Waals surface area contributed by atoms with E-state index in [0.29, 0.717) is 13.0 Å². The first-order valence-corrected chi connectivity index (χ1v) is 6.48. The van der Waals surface area contributed by atoms with Gasteiger partial charge < -0.3 is 10.0 Å². The molecule has 1 N–H and O–H groups in total. The van der Waals surface area contributed by atoms with E-state index in [1.807, 2.05) is 37.1 Å². The minimum Gasteiger partial charge on any atom is -0.481 e. The first kappa shape index (κ1) is 14.2. The van der Waals surface area contributed by atoms with E-state index in [0.717, 1.165) is 11.0 Å². The summed E-state index contributed by atoms with van der Waals surface area (Å²) >= 11 is 3.43. The van der Waals surface area contributed by atoms with Crippen molar-refractivity contribution >= 4 is 21.9 Å². The molecule has 4 heteroatoms. The summed E-state index contributed by atoms with van der Waals surface area (Å²) < 4.78 is 1.05. The van der Waals surface area contributed by atoms with E-state index in [9.17, 15) is 4.79 Å². The molecule has 0 aromatic heterocycles. The third-order valence-electron chi connectivity index (χ3n) is 2.72. The Balaban J connectivity index is 2.54. The van der Waals surface area contributed by atoms with E-state index in [2.05, 4.69) is 22.0 Å². The van der Waals surface area contributed by atoms with Crippen LogP contribution in [0.4, 0.5) is 0 Å². The SMILES string of the molecule is CCC(CN(C)Cc1cccc(Br)c1)C(=O)O. The van der Waals surface area contributed by atoms with E-state index >= 15 is 0 Å². The summed E-state index contributed by atoms with van der Waals surface area (Å²) in [4.78, 5) is 13.0. The molecular weight excluding hydrogens is 282 g/mol. The molecule has 1 aromatic rings. The van der Waals surface area contributed by atoms with Gasteiger partial charge in [-0.25, -0.2) is 0 Å². The number of carbonyl (C=O) groups is 1. The van der Waals surface area contributed by atoms with Crippen LogP contribution in [0.1, 0.15) is 18.9 Å². The lowest BCUT2D eigenvalue weighted by Gasteiger charge is -2.20. The number of aliphatic carboxylic acids is 1. The van der Waals surface area contributed by atoms with Crippen LogP contribution < -0.4 is 0 Å². The van der Waals surface area contributed by atoms with Crippen molar-refractivity contribution < 1.29 is 9.90 Å². The summed E-state index contributed by atoms with van der Waals surface area (Å²) in [7, 11) is 1.95. The van der Waals surface area contributed by atoms with Crippen LogP contribution in [-0.4, -0.2) is 29.6 Å². The molecule has 0 spiro atoms. The highest BCUT2D eigenvalue weighted by Crippen LogP contribution is 2.14. The van der Waals surface area contributed by atoms with Gasteiger partial charge in [-0.1, -0.05) is 35.0 Å². The molecule has 0 aliphatic rings. The van der Waals surface area contributed by atoms with Crippen LogP contribution in [0.2, 0.25) is 0 Å². The lowest BCUT2D eigenvalue weighted by atomic mass is 10.1. The highest BCUT2D eigenvalue weighted by atomic mass is 79.9. The molecule has 0 aliphatic carbocycles. The third kappa shape index (κ3) is 4.88. The quantitative estimate of drug-likeness (QED) is 0.878. The van der Waals surface area contributed by atoms with E-state index in [-0.39, 0.29) is 5.92 Å². The molecule has 1 rings (SSSR count). The topological polar surface area (TPSA) is 40.5 Å². The normalized spacial score (nSPS) is 12.7. The molecule has 0 radical (unpaired) electrons. The summed E-state index contributed by atoms with van der Waals surface area (Å²) in [5, 5.41) is 9.00. The van der Waals surface area contributed by atoms with Crippen molar-refractivity contribution in [2.75, 3.05) is 13.6 Å². The Labute approximate surface area is 111 Å². The number of hydrogen-bond acceptors (Lipinski definition) is 2. The molecule has 1 unspecified atom stereocenters. The molecular formula is C13H18BrNO2. The van der Waals surface area contributed by atoms with Gasteiger partial charge in [-0.3, -0.25) is 4.79 Å². The fourth-order valence-corrected chi connectivity index (χ4v) is 2.22. The molecule has 0 saturated carbocycles. The van der Waals surface area contributed by atoms with Crippen LogP contribution in [-0.2, 0) is 11.3 Å². The van der Waals surface area contributed by atoms with Gasteiger partial charge in [0.2, 0.25) is 0 Å². The maximum Gasteiger partial charge on any atom is 0.307 e. The summed E-state index contributed by atoms with van der Waals surface area (Å²) in [5.74, 6) is -0.999. The van der Waals surface area contributed by atoms with E-state index in [1.54, 1.807) is 0 Å². The number of halogens is 1. The predicted octanol–water partition coefficient (Wildman–Crippen LogP) is 2.99. The van der Waals surface area contributed by atoms with Gasteiger partial charge in [-0.05, 0) is 31.2 Å². The smallest absolute Gasteiger partial charge is 0.307 e. The molecule has 0 aliphatic heterocycles. The summed E-state index contributed by atoms with van der Waals surface area (Å²) in [5.41, 5.74) is 1.18. The van der Waals surface area contributed by atoms with Crippen molar-refractivity contribution in [2.45, 2.75) is 19.9 Å². The fraction of sp³-hybridized carbons (Fsp3) is 0.462. The van der Waals surface area contributed by atoms with Crippen molar-refractivity contribution in [1.82, 2.24) is 4.90 Å². The first-order valence-electron chi connectivity index (χ1n) is 5.68. The highest BCUT2D eigenvalue weighted by molar-refractivity contribution is 9.10. The summed E-state index contributed by atoms with van der Waals surface area (Å²) in [6.45, 7) is 3.26. The van der Waals surface area contributed by atoms with Gasteiger partial charge in [0, 0.05) is 17.6 Å². The average molecular weight is 300 g/mol. The van der Waals surface area contributed by atoms with Crippen LogP contribution in [0.15, 0.2) is 28.7 Å². The van der Waals surface area contributed by atoms with Crippen molar-refractivity contribution in [3.05, 3.63) is 34.3 Å². The number of carboxylic acid groups (broad SMARTS) is 1. The number of rotatable bonds is 6. The van der Waals surface area contributed by atoms with Crippen LogP contribution >= 0.6 is 15.9 Å². The van der Waals surface area contributed by atoms with Crippen molar-refractivity contribution in [3.8, 4) is 0 Å². The molecule has 17 heavy (non-hydrogen) atoms.